The second-order valence-electron chi connectivity index (χ2n) is 6.51. The van der Waals surface area contributed by atoms with Crippen LogP contribution in [0.25, 0.3) is 0 Å². The van der Waals surface area contributed by atoms with Crippen LogP contribution in [0.1, 0.15) is 37.8 Å². The molecular weight excluding hydrogens is 354 g/mol. The van der Waals surface area contributed by atoms with E-state index in [1.165, 1.54) is 0 Å². The SMILES string of the molecule is O=C(ON1C(=O)c2ccccc2C1=O)C(Cc1ccccc1)c1ccccc1. The van der Waals surface area contributed by atoms with E-state index in [9.17, 15) is 14.4 Å². The minimum absolute atomic E-state index is 0.236. The van der Waals surface area contributed by atoms with Crippen LogP contribution in [0.3, 0.4) is 0 Å². The fourth-order valence-electron chi connectivity index (χ4n) is 3.28. The van der Waals surface area contributed by atoms with Gasteiger partial charge in [0.05, 0.1) is 17.0 Å². The van der Waals surface area contributed by atoms with Crippen LogP contribution >= 0.6 is 0 Å². The molecule has 1 atom stereocenters. The molecule has 0 saturated carbocycles. The Morgan fingerprint density at radius 2 is 1.25 bits per heavy atom. The quantitative estimate of drug-likeness (QED) is 0.641. The normalized spacial score (nSPS) is 13.9. The zero-order valence-corrected chi connectivity index (χ0v) is 14.9. The molecule has 1 aliphatic heterocycles. The van der Waals surface area contributed by atoms with Crippen molar-refractivity contribution < 1.29 is 19.2 Å². The summed E-state index contributed by atoms with van der Waals surface area (Å²) >= 11 is 0. The molecule has 2 amide bonds. The van der Waals surface area contributed by atoms with Crippen molar-refractivity contribution in [2.75, 3.05) is 0 Å². The molecule has 4 rings (SSSR count). The van der Waals surface area contributed by atoms with Crippen LogP contribution in [0, 0.1) is 0 Å². The first kappa shape index (κ1) is 17.7. The summed E-state index contributed by atoms with van der Waals surface area (Å²) in [4.78, 5) is 43.3. The van der Waals surface area contributed by atoms with Crippen molar-refractivity contribution in [1.82, 2.24) is 5.06 Å². The summed E-state index contributed by atoms with van der Waals surface area (Å²) < 4.78 is 0. The van der Waals surface area contributed by atoms with Gasteiger partial charge in [0, 0.05) is 0 Å². The molecule has 3 aromatic rings. The van der Waals surface area contributed by atoms with Crippen LogP contribution in [0.4, 0.5) is 0 Å². The smallest absolute Gasteiger partial charge is 0.329 e. The average Bonchev–Trinajstić information content (AvgIpc) is 2.98. The van der Waals surface area contributed by atoms with Gasteiger partial charge in [-0.05, 0) is 29.7 Å². The Morgan fingerprint density at radius 3 is 1.82 bits per heavy atom. The van der Waals surface area contributed by atoms with Gasteiger partial charge in [-0.1, -0.05) is 77.9 Å². The summed E-state index contributed by atoms with van der Waals surface area (Å²) in [5, 5.41) is 0.563. The van der Waals surface area contributed by atoms with Crippen LogP contribution in [-0.2, 0) is 16.1 Å². The highest BCUT2D eigenvalue weighted by Gasteiger charge is 2.40. The number of fused-ring (bicyclic) bond motifs is 1. The molecule has 1 aliphatic rings. The number of benzene rings is 3. The van der Waals surface area contributed by atoms with Gasteiger partial charge in [0.15, 0.2) is 0 Å². The summed E-state index contributed by atoms with van der Waals surface area (Å²) in [5.41, 5.74) is 2.18. The van der Waals surface area contributed by atoms with Crippen LogP contribution in [0.15, 0.2) is 84.9 Å². The van der Waals surface area contributed by atoms with Crippen LogP contribution in [-0.4, -0.2) is 22.8 Å². The number of hydrogen-bond acceptors (Lipinski definition) is 4. The van der Waals surface area contributed by atoms with Crippen LogP contribution < -0.4 is 0 Å². The fourth-order valence-corrected chi connectivity index (χ4v) is 3.28. The van der Waals surface area contributed by atoms with E-state index in [4.69, 9.17) is 4.84 Å². The number of imide groups is 1. The standard InChI is InChI=1S/C23H17NO4/c25-21-18-13-7-8-14-19(18)22(26)24(21)28-23(27)20(17-11-5-2-6-12-17)15-16-9-3-1-4-10-16/h1-14,20H,15H2. The maximum absolute atomic E-state index is 13.0. The highest BCUT2D eigenvalue weighted by atomic mass is 16.7. The molecule has 0 bridgehead atoms. The third-order valence-corrected chi connectivity index (χ3v) is 4.71. The monoisotopic (exact) mass is 371 g/mol. The van der Waals surface area contributed by atoms with Crippen molar-refractivity contribution in [2.24, 2.45) is 0 Å². The molecule has 5 heteroatoms. The number of carbonyl (C=O) groups excluding carboxylic acids is 3. The van der Waals surface area contributed by atoms with Gasteiger partial charge in [0.2, 0.25) is 0 Å². The Bertz CT molecular complexity index is 996. The van der Waals surface area contributed by atoms with Gasteiger partial charge in [0.1, 0.15) is 0 Å². The van der Waals surface area contributed by atoms with Crippen molar-refractivity contribution in [3.63, 3.8) is 0 Å². The second-order valence-corrected chi connectivity index (χ2v) is 6.51. The van der Waals surface area contributed by atoms with Gasteiger partial charge in [0.25, 0.3) is 11.8 Å². The Morgan fingerprint density at radius 1 is 0.750 bits per heavy atom. The lowest BCUT2D eigenvalue weighted by molar-refractivity contribution is -0.170. The van der Waals surface area contributed by atoms with E-state index < -0.39 is 23.7 Å². The van der Waals surface area contributed by atoms with E-state index in [-0.39, 0.29) is 11.1 Å². The van der Waals surface area contributed by atoms with Crippen molar-refractivity contribution in [2.45, 2.75) is 12.3 Å². The van der Waals surface area contributed by atoms with Gasteiger partial charge in [-0.25, -0.2) is 4.79 Å². The summed E-state index contributed by atoms with van der Waals surface area (Å²) in [6, 6.07) is 25.1. The van der Waals surface area contributed by atoms with Crippen molar-refractivity contribution in [1.29, 1.82) is 0 Å². The predicted molar refractivity (Wildman–Crippen MR) is 102 cm³/mol. The van der Waals surface area contributed by atoms with Crippen LogP contribution in [0.5, 0.6) is 0 Å². The first-order chi connectivity index (χ1) is 13.6. The molecule has 1 unspecified atom stereocenters. The number of nitrogens with zero attached hydrogens (tertiary/aromatic N) is 1. The Balaban J connectivity index is 1.60. The third-order valence-electron chi connectivity index (χ3n) is 4.71. The molecule has 5 nitrogen and oxygen atoms in total. The fraction of sp³-hybridized carbons (Fsp3) is 0.0870. The highest BCUT2D eigenvalue weighted by molar-refractivity contribution is 6.20. The zero-order valence-electron chi connectivity index (χ0n) is 14.9. The van der Waals surface area contributed by atoms with Gasteiger partial charge >= 0.3 is 5.97 Å². The molecule has 0 radical (unpaired) electrons. The molecule has 0 aliphatic carbocycles. The van der Waals surface area contributed by atoms with E-state index in [2.05, 4.69) is 0 Å². The highest BCUT2D eigenvalue weighted by Crippen LogP contribution is 2.27. The van der Waals surface area contributed by atoms with E-state index in [0.29, 0.717) is 11.5 Å². The van der Waals surface area contributed by atoms with Crippen LogP contribution in [0.2, 0.25) is 0 Å². The van der Waals surface area contributed by atoms with Gasteiger partial charge < -0.3 is 4.84 Å². The lowest BCUT2D eigenvalue weighted by Gasteiger charge is -2.19. The minimum atomic E-state index is -0.649. The van der Waals surface area contributed by atoms with Crippen molar-refractivity contribution in [3.05, 3.63) is 107 Å². The number of amides is 2. The third kappa shape index (κ3) is 3.30. The zero-order chi connectivity index (χ0) is 19.5. The molecule has 0 aromatic heterocycles. The summed E-state index contributed by atoms with van der Waals surface area (Å²) in [5.74, 6) is -2.54. The maximum atomic E-state index is 13.0. The molecular formula is C23H17NO4. The Hall–Kier alpha value is -3.73. The molecule has 0 N–H and O–H groups in total. The minimum Gasteiger partial charge on any atom is -0.329 e. The number of rotatable bonds is 5. The average molecular weight is 371 g/mol. The summed E-state index contributed by atoms with van der Waals surface area (Å²) in [6.07, 6.45) is 0.396. The topological polar surface area (TPSA) is 63.7 Å². The molecule has 0 spiro atoms. The van der Waals surface area contributed by atoms with Crippen molar-refractivity contribution >= 4 is 17.8 Å². The van der Waals surface area contributed by atoms with Gasteiger partial charge in [-0.15, -0.1) is 0 Å². The molecule has 3 aromatic carbocycles. The van der Waals surface area contributed by atoms with E-state index >= 15 is 0 Å². The number of carbonyl (C=O) groups is 3. The van der Waals surface area contributed by atoms with E-state index in [1.807, 2.05) is 60.7 Å². The number of hydroxylamine groups is 2. The second kappa shape index (κ2) is 7.48. The molecule has 0 fully saturated rings. The lowest BCUT2D eigenvalue weighted by atomic mass is 9.92. The molecule has 138 valence electrons. The van der Waals surface area contributed by atoms with Gasteiger partial charge in [-0.2, -0.15) is 0 Å². The lowest BCUT2D eigenvalue weighted by Crippen LogP contribution is -2.35. The Labute approximate surface area is 162 Å². The number of hydrogen-bond donors (Lipinski definition) is 0. The molecule has 1 heterocycles. The summed E-state index contributed by atoms with van der Waals surface area (Å²) in [7, 11) is 0. The predicted octanol–water partition coefficient (Wildman–Crippen LogP) is 3.77. The van der Waals surface area contributed by atoms with Crippen molar-refractivity contribution in [3.8, 4) is 0 Å². The molecule has 0 saturated heterocycles. The van der Waals surface area contributed by atoms with E-state index in [1.54, 1.807) is 24.3 Å². The first-order valence-corrected chi connectivity index (χ1v) is 8.93. The molecule has 28 heavy (non-hydrogen) atoms. The van der Waals surface area contributed by atoms with Gasteiger partial charge in [-0.3, -0.25) is 9.59 Å². The largest absolute Gasteiger partial charge is 0.340 e. The summed E-state index contributed by atoms with van der Waals surface area (Å²) in [6.45, 7) is 0. The first-order valence-electron chi connectivity index (χ1n) is 8.93. The Kier molecular flexibility index (Phi) is 4.72. The van der Waals surface area contributed by atoms with E-state index in [0.717, 1.165) is 11.1 Å². The maximum Gasteiger partial charge on any atom is 0.340 e.